The molecule has 1 saturated heterocycles. The first-order valence-electron chi connectivity index (χ1n) is 8.91. The van der Waals surface area contributed by atoms with Crippen molar-refractivity contribution in [1.82, 2.24) is 5.32 Å². The molecule has 1 heterocycles. The molecule has 0 bridgehead atoms. The monoisotopic (exact) mass is 345 g/mol. The summed E-state index contributed by atoms with van der Waals surface area (Å²) in [6.45, 7) is 15.3. The molecule has 0 radical (unpaired) electrons. The van der Waals surface area contributed by atoms with E-state index < -0.39 is 7.12 Å². The van der Waals surface area contributed by atoms with Crippen LogP contribution in [0, 0.1) is 0 Å². The van der Waals surface area contributed by atoms with Crippen molar-refractivity contribution in [1.29, 1.82) is 0 Å². The molecule has 0 aromatic heterocycles. The largest absolute Gasteiger partial charge is 0.507 e. The van der Waals surface area contributed by atoms with Gasteiger partial charge in [-0.2, -0.15) is 0 Å². The predicted octanol–water partition coefficient (Wildman–Crippen LogP) is 3.92. The lowest BCUT2D eigenvalue weighted by molar-refractivity contribution is 0.00578. The summed E-state index contributed by atoms with van der Waals surface area (Å²) < 4.78 is 12.4. The van der Waals surface area contributed by atoms with Gasteiger partial charge >= 0.3 is 7.12 Å². The maximum Gasteiger partial charge on any atom is 0.491 e. The molecule has 0 atom stereocenters. The van der Waals surface area contributed by atoms with E-state index in [1.54, 1.807) is 6.07 Å². The van der Waals surface area contributed by atoms with E-state index in [0.717, 1.165) is 11.0 Å². The summed E-state index contributed by atoms with van der Waals surface area (Å²) in [6, 6.07) is 5.77. The van der Waals surface area contributed by atoms with Gasteiger partial charge in [-0.25, -0.2) is 0 Å². The average molecular weight is 345 g/mol. The van der Waals surface area contributed by atoms with Crippen LogP contribution >= 0.6 is 0 Å². The molecule has 2 N–H and O–H groups in total. The zero-order chi connectivity index (χ0) is 19.0. The molecule has 0 unspecified atom stereocenters. The van der Waals surface area contributed by atoms with Gasteiger partial charge in [-0.1, -0.05) is 32.9 Å². The van der Waals surface area contributed by atoms with Gasteiger partial charge in [0.15, 0.2) is 0 Å². The van der Waals surface area contributed by atoms with Crippen LogP contribution in [0.25, 0.3) is 6.08 Å². The Labute approximate surface area is 152 Å². The second kappa shape index (κ2) is 6.78. The van der Waals surface area contributed by atoms with E-state index in [0.29, 0.717) is 6.54 Å². The van der Waals surface area contributed by atoms with Gasteiger partial charge in [0.05, 0.1) is 11.2 Å². The Bertz CT molecular complexity index is 643. The summed E-state index contributed by atoms with van der Waals surface area (Å²) in [6.07, 6.45) is 1.98. The van der Waals surface area contributed by atoms with Crippen molar-refractivity contribution >= 4 is 13.2 Å². The Morgan fingerprint density at radius 1 is 1.16 bits per heavy atom. The number of likely N-dealkylation sites (N-methyl/N-ethyl adjacent to an activating group) is 1. The van der Waals surface area contributed by atoms with Crippen molar-refractivity contribution < 1.29 is 14.4 Å². The fourth-order valence-corrected chi connectivity index (χ4v) is 2.74. The smallest absolute Gasteiger partial charge is 0.491 e. The lowest BCUT2D eigenvalue weighted by Gasteiger charge is -2.32. The van der Waals surface area contributed by atoms with Crippen LogP contribution in [0.15, 0.2) is 23.7 Å². The highest BCUT2D eigenvalue weighted by molar-refractivity contribution is 6.56. The maximum atomic E-state index is 10.3. The molecule has 1 aliphatic heterocycles. The van der Waals surface area contributed by atoms with Gasteiger partial charge in [-0.3, -0.25) is 0 Å². The highest BCUT2D eigenvalue weighted by Gasteiger charge is 2.52. The van der Waals surface area contributed by atoms with Crippen LogP contribution in [0.1, 0.15) is 59.6 Å². The number of hydrogen-bond donors (Lipinski definition) is 2. The first-order valence-corrected chi connectivity index (χ1v) is 8.91. The molecule has 138 valence electrons. The first-order chi connectivity index (χ1) is 11.4. The lowest BCUT2D eigenvalue weighted by atomic mass is 9.76. The van der Waals surface area contributed by atoms with E-state index in [1.165, 1.54) is 5.56 Å². The van der Waals surface area contributed by atoms with Crippen molar-refractivity contribution in [2.24, 2.45) is 0 Å². The van der Waals surface area contributed by atoms with Gasteiger partial charge in [-0.15, -0.1) is 0 Å². The van der Waals surface area contributed by atoms with Crippen LogP contribution in [0.4, 0.5) is 0 Å². The van der Waals surface area contributed by atoms with E-state index in [9.17, 15) is 5.11 Å². The topological polar surface area (TPSA) is 50.7 Å². The summed E-state index contributed by atoms with van der Waals surface area (Å²) in [5.74, 6) is 0.262. The Morgan fingerprint density at radius 3 is 2.20 bits per heavy atom. The predicted molar refractivity (Wildman–Crippen MR) is 105 cm³/mol. The molecule has 4 nitrogen and oxygen atoms in total. The van der Waals surface area contributed by atoms with Gasteiger partial charge in [0.25, 0.3) is 0 Å². The molecule has 1 aromatic rings. The first kappa shape index (κ1) is 20.0. The van der Waals surface area contributed by atoms with E-state index in [4.69, 9.17) is 9.31 Å². The van der Waals surface area contributed by atoms with Crippen LogP contribution in [0.2, 0.25) is 0 Å². The van der Waals surface area contributed by atoms with Crippen LogP contribution < -0.4 is 5.32 Å². The molecule has 0 saturated carbocycles. The van der Waals surface area contributed by atoms with Crippen LogP contribution in [0.5, 0.6) is 5.75 Å². The van der Waals surface area contributed by atoms with E-state index in [-0.39, 0.29) is 22.4 Å². The minimum atomic E-state index is -0.435. The Morgan fingerprint density at radius 2 is 1.72 bits per heavy atom. The number of aromatic hydroxyl groups is 1. The van der Waals surface area contributed by atoms with Crippen molar-refractivity contribution in [2.75, 3.05) is 13.6 Å². The fourth-order valence-electron chi connectivity index (χ4n) is 2.74. The number of phenols is 1. The third kappa shape index (κ3) is 4.28. The molecular weight excluding hydrogens is 313 g/mol. The average Bonchev–Trinajstić information content (AvgIpc) is 2.68. The van der Waals surface area contributed by atoms with E-state index in [1.807, 2.05) is 53.0 Å². The van der Waals surface area contributed by atoms with Gasteiger partial charge in [0.2, 0.25) is 0 Å². The third-order valence-corrected chi connectivity index (χ3v) is 5.17. The summed E-state index contributed by atoms with van der Waals surface area (Å²) in [4.78, 5) is 0. The molecule has 0 aliphatic carbocycles. The maximum absolute atomic E-state index is 10.3. The van der Waals surface area contributed by atoms with Crippen LogP contribution in [-0.2, 0) is 14.7 Å². The third-order valence-electron chi connectivity index (χ3n) is 5.17. The van der Waals surface area contributed by atoms with Gasteiger partial charge in [0.1, 0.15) is 5.75 Å². The van der Waals surface area contributed by atoms with Crippen molar-refractivity contribution in [3.05, 3.63) is 34.8 Å². The molecule has 0 spiro atoms. The zero-order valence-electron chi connectivity index (χ0n) is 16.9. The molecule has 1 aromatic carbocycles. The normalized spacial score (nSPS) is 20.2. The number of nitrogens with one attached hydrogen (secondary N) is 1. The minimum absolute atomic E-state index is 0.0177. The van der Waals surface area contributed by atoms with Gasteiger partial charge in [0, 0.05) is 12.1 Å². The van der Waals surface area contributed by atoms with E-state index >= 15 is 0 Å². The summed E-state index contributed by atoms with van der Waals surface area (Å²) in [7, 11) is 1.46. The second-order valence-electron chi connectivity index (χ2n) is 8.86. The Balaban J connectivity index is 2.42. The molecule has 2 rings (SSSR count). The quantitative estimate of drug-likeness (QED) is 0.812. The van der Waals surface area contributed by atoms with Gasteiger partial charge in [-0.05, 0) is 63.3 Å². The summed E-state index contributed by atoms with van der Waals surface area (Å²) in [5, 5.41) is 13.5. The van der Waals surface area contributed by atoms with Crippen LogP contribution in [0.3, 0.4) is 0 Å². The number of benzene rings is 1. The molecular formula is C20H32BNO3. The minimum Gasteiger partial charge on any atom is -0.507 e. The molecule has 1 fully saturated rings. The Kier molecular flexibility index (Phi) is 5.43. The van der Waals surface area contributed by atoms with Crippen LogP contribution in [-0.4, -0.2) is 37.0 Å². The SMILES string of the molecule is CNCC(=Cc1cc(C(C)(C)C)ccc1O)B1OC(C)(C)C(C)(C)O1. The lowest BCUT2D eigenvalue weighted by Crippen LogP contribution is -2.41. The summed E-state index contributed by atoms with van der Waals surface area (Å²) in [5.41, 5.74) is 2.16. The summed E-state index contributed by atoms with van der Waals surface area (Å²) >= 11 is 0. The van der Waals surface area contributed by atoms with Crippen molar-refractivity contribution in [2.45, 2.75) is 65.1 Å². The highest BCUT2D eigenvalue weighted by atomic mass is 16.7. The zero-order valence-corrected chi connectivity index (χ0v) is 16.9. The number of hydrogen-bond acceptors (Lipinski definition) is 4. The van der Waals surface area contributed by atoms with E-state index in [2.05, 4.69) is 26.1 Å². The molecule has 5 heteroatoms. The highest BCUT2D eigenvalue weighted by Crippen LogP contribution is 2.39. The second-order valence-corrected chi connectivity index (χ2v) is 8.86. The molecule has 1 aliphatic rings. The number of rotatable bonds is 4. The van der Waals surface area contributed by atoms with Crippen molar-refractivity contribution in [3.8, 4) is 5.75 Å². The fraction of sp³-hybridized carbons (Fsp3) is 0.600. The number of phenolic OH excluding ortho intramolecular Hbond substituents is 1. The standard InChI is InChI=1S/C20H32BNO3/c1-18(2,3)15-9-10-17(23)14(11-15)12-16(13-22-8)21-24-19(4,5)20(6,7)25-21/h9-12,22-23H,13H2,1-8H3. The van der Waals surface area contributed by atoms with Gasteiger partial charge < -0.3 is 19.7 Å². The molecule has 0 amide bonds. The van der Waals surface area contributed by atoms with Crippen molar-refractivity contribution in [3.63, 3.8) is 0 Å². The molecule has 25 heavy (non-hydrogen) atoms. The Hall–Kier alpha value is -1.30.